The van der Waals surface area contributed by atoms with E-state index in [-0.39, 0.29) is 48.6 Å². The summed E-state index contributed by atoms with van der Waals surface area (Å²) in [4.78, 5) is 32.6. The van der Waals surface area contributed by atoms with E-state index in [0.29, 0.717) is 21.9 Å². The van der Waals surface area contributed by atoms with Crippen LogP contribution in [0, 0.1) is 24.4 Å². The number of alkyl halides is 3. The minimum atomic E-state index is -4.89. The second kappa shape index (κ2) is 11.2. The number of amides is 1. The molecule has 2 aromatic heterocycles. The van der Waals surface area contributed by atoms with Crippen molar-refractivity contribution in [3.63, 3.8) is 0 Å². The summed E-state index contributed by atoms with van der Waals surface area (Å²) in [5, 5.41) is 13.7. The zero-order chi connectivity index (χ0) is 31.2. The molecule has 3 heterocycles. The fourth-order valence-electron chi connectivity index (χ4n) is 5.14. The molecule has 0 unspecified atom stereocenters. The van der Waals surface area contributed by atoms with Gasteiger partial charge in [-0.3, -0.25) is 9.69 Å². The predicted molar refractivity (Wildman–Crippen MR) is 139 cm³/mol. The average Bonchev–Trinajstić information content (AvgIpc) is 3.37. The molecule has 0 bridgehead atoms. The van der Waals surface area contributed by atoms with Crippen LogP contribution in [0.4, 0.5) is 26.3 Å². The number of carbonyl (C=O) groups excluding carboxylic acids is 1. The highest BCUT2D eigenvalue weighted by Crippen LogP contribution is 2.37. The molecule has 4 aromatic rings. The number of aromatic nitrogens is 3. The molecular formula is C28H23F6N5O4. The fourth-order valence-corrected chi connectivity index (χ4v) is 5.14. The Labute approximate surface area is 239 Å². The maximum Gasteiger partial charge on any atom is 0.433 e. The molecule has 1 atom stereocenters. The summed E-state index contributed by atoms with van der Waals surface area (Å²) in [6, 6.07) is 5.74. The van der Waals surface area contributed by atoms with Crippen molar-refractivity contribution in [3.05, 3.63) is 82.4 Å². The highest BCUT2D eigenvalue weighted by molar-refractivity contribution is 6.01. The van der Waals surface area contributed by atoms with Crippen LogP contribution >= 0.6 is 0 Å². The molecule has 0 radical (unpaired) electrons. The Bertz CT molecular complexity index is 1720. The third-order valence-electron chi connectivity index (χ3n) is 7.22. The first kappa shape index (κ1) is 29.8. The summed E-state index contributed by atoms with van der Waals surface area (Å²) in [6.45, 7) is 0.268. The molecule has 1 saturated heterocycles. The highest BCUT2D eigenvalue weighted by atomic mass is 19.4. The SMILES string of the molecule is COc1ccc(-c2nc3c(C(=O)N4CCN(Cc5cc(F)cc(F)c5F)C[C@H]4C(=O)O)cnn3c(C(F)(F)F)c2C)cc1. The number of carboxylic acid groups (broad SMARTS) is 1. The lowest BCUT2D eigenvalue weighted by Gasteiger charge is -2.39. The number of piperazine rings is 1. The van der Waals surface area contributed by atoms with Crippen LogP contribution in [0.25, 0.3) is 16.9 Å². The van der Waals surface area contributed by atoms with Crippen LogP contribution in [-0.2, 0) is 17.5 Å². The first-order valence-electron chi connectivity index (χ1n) is 12.8. The number of hydrogen-bond donors (Lipinski definition) is 1. The number of hydrogen-bond acceptors (Lipinski definition) is 6. The lowest BCUT2D eigenvalue weighted by Crippen LogP contribution is -2.58. The number of halogens is 6. The van der Waals surface area contributed by atoms with Gasteiger partial charge in [0.1, 0.15) is 23.2 Å². The molecule has 5 rings (SSSR count). The van der Waals surface area contributed by atoms with Crippen molar-refractivity contribution in [2.45, 2.75) is 25.7 Å². The minimum absolute atomic E-state index is 0.0241. The van der Waals surface area contributed by atoms with Crippen LogP contribution < -0.4 is 4.74 Å². The predicted octanol–water partition coefficient (Wildman–Crippen LogP) is 4.56. The third-order valence-corrected chi connectivity index (χ3v) is 7.22. The van der Waals surface area contributed by atoms with Crippen LogP contribution in [-0.4, -0.2) is 74.2 Å². The first-order valence-corrected chi connectivity index (χ1v) is 12.8. The summed E-state index contributed by atoms with van der Waals surface area (Å²) < 4.78 is 90.0. The van der Waals surface area contributed by atoms with Gasteiger partial charge in [0.15, 0.2) is 23.0 Å². The van der Waals surface area contributed by atoms with Crippen LogP contribution in [0.15, 0.2) is 42.6 Å². The number of fused-ring (bicyclic) bond motifs is 1. The van der Waals surface area contributed by atoms with Gasteiger partial charge < -0.3 is 14.7 Å². The summed E-state index contributed by atoms with van der Waals surface area (Å²) in [7, 11) is 1.43. The van der Waals surface area contributed by atoms with Crippen molar-refractivity contribution in [1.82, 2.24) is 24.4 Å². The van der Waals surface area contributed by atoms with E-state index in [1.165, 1.54) is 43.2 Å². The van der Waals surface area contributed by atoms with E-state index in [1.54, 1.807) is 0 Å². The normalized spacial score (nSPS) is 16.1. The zero-order valence-corrected chi connectivity index (χ0v) is 22.6. The van der Waals surface area contributed by atoms with Gasteiger partial charge in [0.25, 0.3) is 5.91 Å². The largest absolute Gasteiger partial charge is 0.497 e. The molecule has 1 amide bonds. The van der Waals surface area contributed by atoms with Crippen LogP contribution in [0.2, 0.25) is 0 Å². The van der Waals surface area contributed by atoms with Gasteiger partial charge in [-0.2, -0.15) is 18.3 Å². The molecule has 2 aromatic carbocycles. The molecule has 0 aliphatic carbocycles. The van der Waals surface area contributed by atoms with Crippen LogP contribution in [0.1, 0.15) is 27.2 Å². The monoisotopic (exact) mass is 607 g/mol. The molecule has 43 heavy (non-hydrogen) atoms. The number of carboxylic acids is 1. The number of rotatable bonds is 6. The van der Waals surface area contributed by atoms with Crippen molar-refractivity contribution in [2.24, 2.45) is 0 Å². The van der Waals surface area contributed by atoms with E-state index in [0.717, 1.165) is 17.2 Å². The fraction of sp³-hybridized carbons (Fsp3) is 0.286. The average molecular weight is 608 g/mol. The van der Waals surface area contributed by atoms with Gasteiger partial charge in [-0.25, -0.2) is 27.5 Å². The van der Waals surface area contributed by atoms with E-state index >= 15 is 0 Å². The van der Waals surface area contributed by atoms with E-state index in [9.17, 15) is 41.0 Å². The number of methoxy groups -OCH3 is 1. The minimum Gasteiger partial charge on any atom is -0.497 e. The summed E-state index contributed by atoms with van der Waals surface area (Å²) in [5.74, 6) is -5.62. The molecule has 226 valence electrons. The topological polar surface area (TPSA) is 100 Å². The molecule has 1 N–H and O–H groups in total. The van der Waals surface area contributed by atoms with Gasteiger partial charge in [0.05, 0.1) is 19.0 Å². The number of nitrogens with zero attached hydrogens (tertiary/aromatic N) is 5. The Balaban J connectivity index is 1.51. The Morgan fingerprint density at radius 1 is 1.09 bits per heavy atom. The Morgan fingerprint density at radius 2 is 1.79 bits per heavy atom. The number of ether oxygens (including phenoxy) is 1. The second-order valence-corrected chi connectivity index (χ2v) is 9.90. The standard InChI is InChI=1S/C28H23F6N5O4/c1-14-23(15-3-5-18(43-2)6-4-15)36-25-19(11-35-39(25)24(14)28(32,33)34)26(40)38-8-7-37(13-21(38)27(41)42)12-16-9-17(29)10-20(30)22(16)31/h3-6,9-11,21H,7-8,12-13H2,1-2H3,(H,41,42)/t21-/m0/s1. The van der Waals surface area contributed by atoms with Crippen molar-refractivity contribution < 1.29 is 45.8 Å². The Kier molecular flexibility index (Phi) is 7.77. The summed E-state index contributed by atoms with van der Waals surface area (Å²) in [6.07, 6.45) is -3.99. The van der Waals surface area contributed by atoms with E-state index in [1.807, 2.05) is 0 Å². The number of carbonyl (C=O) groups is 2. The molecule has 1 fully saturated rings. The van der Waals surface area contributed by atoms with Gasteiger partial charge >= 0.3 is 12.1 Å². The Hall–Kier alpha value is -4.66. The zero-order valence-electron chi connectivity index (χ0n) is 22.6. The molecular weight excluding hydrogens is 584 g/mol. The Morgan fingerprint density at radius 3 is 2.42 bits per heavy atom. The molecule has 0 saturated carbocycles. The number of aliphatic carboxylic acids is 1. The first-order chi connectivity index (χ1) is 20.3. The van der Waals surface area contributed by atoms with E-state index < -0.39 is 52.9 Å². The van der Waals surface area contributed by atoms with Gasteiger partial charge in [0.2, 0.25) is 0 Å². The van der Waals surface area contributed by atoms with Crippen molar-refractivity contribution in [1.29, 1.82) is 0 Å². The molecule has 9 nitrogen and oxygen atoms in total. The van der Waals surface area contributed by atoms with E-state index in [4.69, 9.17) is 4.74 Å². The van der Waals surface area contributed by atoms with Crippen LogP contribution in [0.3, 0.4) is 0 Å². The maximum atomic E-state index is 14.3. The van der Waals surface area contributed by atoms with Gasteiger partial charge in [0, 0.05) is 48.9 Å². The van der Waals surface area contributed by atoms with Gasteiger partial charge in [-0.05, 0) is 37.3 Å². The van der Waals surface area contributed by atoms with Gasteiger partial charge in [-0.15, -0.1) is 0 Å². The maximum absolute atomic E-state index is 14.3. The third kappa shape index (κ3) is 5.59. The molecule has 15 heteroatoms. The van der Waals surface area contributed by atoms with E-state index in [2.05, 4.69) is 10.1 Å². The molecule has 0 spiro atoms. The van der Waals surface area contributed by atoms with Crippen LogP contribution in [0.5, 0.6) is 5.75 Å². The smallest absolute Gasteiger partial charge is 0.433 e. The molecule has 1 aliphatic heterocycles. The van der Waals surface area contributed by atoms with Crippen molar-refractivity contribution in [2.75, 3.05) is 26.7 Å². The number of benzene rings is 2. The molecule has 1 aliphatic rings. The lowest BCUT2D eigenvalue weighted by molar-refractivity contribution is -0.145. The van der Waals surface area contributed by atoms with Crippen molar-refractivity contribution >= 4 is 17.5 Å². The second-order valence-electron chi connectivity index (χ2n) is 9.90. The summed E-state index contributed by atoms with van der Waals surface area (Å²) >= 11 is 0. The summed E-state index contributed by atoms with van der Waals surface area (Å²) in [5.41, 5.74) is -2.30. The lowest BCUT2D eigenvalue weighted by atomic mass is 10.0. The van der Waals surface area contributed by atoms with Gasteiger partial charge in [-0.1, -0.05) is 0 Å². The van der Waals surface area contributed by atoms with Crippen molar-refractivity contribution in [3.8, 4) is 17.0 Å². The quantitative estimate of drug-likeness (QED) is 0.254. The highest BCUT2D eigenvalue weighted by Gasteiger charge is 2.41.